The minimum Gasteiger partial charge on any atom is -0.267 e. The van der Waals surface area contributed by atoms with Crippen LogP contribution in [0, 0.1) is 11.7 Å². The molecule has 0 saturated heterocycles. The topological polar surface area (TPSA) is 69.0 Å². The molecule has 1 aromatic carbocycles. The van der Waals surface area contributed by atoms with Crippen molar-refractivity contribution >= 4 is 9.84 Å². The fourth-order valence-electron chi connectivity index (χ4n) is 2.70. The number of halogens is 4. The third-order valence-electron chi connectivity index (χ3n) is 4.09. The van der Waals surface area contributed by atoms with Crippen LogP contribution < -0.4 is 5.56 Å². The average Bonchev–Trinajstić information content (AvgIpc) is 2.52. The molecule has 2 rings (SSSR count). The average molecular weight is 420 g/mol. The fraction of sp³-hybridized carbons (Fsp3) is 0.444. The smallest absolute Gasteiger partial charge is 0.267 e. The van der Waals surface area contributed by atoms with Crippen molar-refractivity contribution in [1.82, 2.24) is 9.78 Å². The van der Waals surface area contributed by atoms with Gasteiger partial charge in [-0.05, 0) is 36.5 Å². The number of hydrogen-bond acceptors (Lipinski definition) is 4. The summed E-state index contributed by atoms with van der Waals surface area (Å²) in [5, 5.41) is 3.57. The first-order valence-electron chi connectivity index (χ1n) is 8.45. The molecule has 0 unspecified atom stereocenters. The SMILES string of the molecule is CC(C)CCc1c(-c2ccc(S(C)(=O)=O)c(F)c2)cnn(CC(F)(F)F)c1=O. The van der Waals surface area contributed by atoms with Gasteiger partial charge in [0.05, 0.1) is 6.20 Å². The van der Waals surface area contributed by atoms with Gasteiger partial charge in [0, 0.05) is 17.4 Å². The second kappa shape index (κ2) is 8.02. The molecule has 0 amide bonds. The van der Waals surface area contributed by atoms with Crippen molar-refractivity contribution in [3.05, 3.63) is 46.1 Å². The summed E-state index contributed by atoms with van der Waals surface area (Å²) < 4.78 is 75.8. The van der Waals surface area contributed by atoms with E-state index in [9.17, 15) is 30.8 Å². The summed E-state index contributed by atoms with van der Waals surface area (Å²) in [6, 6.07) is 3.32. The van der Waals surface area contributed by atoms with Gasteiger partial charge in [-0.25, -0.2) is 17.5 Å². The van der Waals surface area contributed by atoms with Crippen LogP contribution in [-0.4, -0.2) is 30.6 Å². The Kier molecular flexibility index (Phi) is 6.32. The highest BCUT2D eigenvalue weighted by molar-refractivity contribution is 7.90. The molecule has 0 spiro atoms. The Morgan fingerprint density at radius 1 is 1.21 bits per heavy atom. The normalized spacial score (nSPS) is 12.6. The van der Waals surface area contributed by atoms with Gasteiger partial charge < -0.3 is 0 Å². The summed E-state index contributed by atoms with van der Waals surface area (Å²) in [4.78, 5) is 12.1. The van der Waals surface area contributed by atoms with Crippen LogP contribution in [0.5, 0.6) is 0 Å². The molecule has 0 fully saturated rings. The predicted octanol–water partition coefficient (Wildman–Crippen LogP) is 3.60. The van der Waals surface area contributed by atoms with Crippen molar-refractivity contribution in [1.29, 1.82) is 0 Å². The van der Waals surface area contributed by atoms with Crippen LogP contribution in [0.1, 0.15) is 25.8 Å². The van der Waals surface area contributed by atoms with Gasteiger partial charge in [0.1, 0.15) is 17.3 Å². The first-order chi connectivity index (χ1) is 12.8. The summed E-state index contributed by atoms with van der Waals surface area (Å²) in [6.07, 6.45) is -1.96. The Bertz CT molecular complexity index is 1030. The molecule has 10 heteroatoms. The van der Waals surface area contributed by atoms with E-state index >= 15 is 0 Å². The molecule has 154 valence electrons. The zero-order valence-corrected chi connectivity index (χ0v) is 16.4. The molecule has 0 saturated carbocycles. The van der Waals surface area contributed by atoms with E-state index in [4.69, 9.17) is 0 Å². The lowest BCUT2D eigenvalue weighted by Gasteiger charge is -2.15. The minimum absolute atomic E-state index is 0.0828. The quantitative estimate of drug-likeness (QED) is 0.670. The van der Waals surface area contributed by atoms with E-state index in [1.807, 2.05) is 13.8 Å². The molecule has 0 aliphatic rings. The molecule has 1 heterocycles. The monoisotopic (exact) mass is 420 g/mol. The lowest BCUT2D eigenvalue weighted by atomic mass is 9.96. The van der Waals surface area contributed by atoms with Crippen molar-refractivity contribution in [2.45, 2.75) is 44.3 Å². The van der Waals surface area contributed by atoms with Crippen LogP contribution in [-0.2, 0) is 22.8 Å². The summed E-state index contributed by atoms with van der Waals surface area (Å²) in [6.45, 7) is 2.27. The minimum atomic E-state index is -4.61. The molecule has 0 bridgehead atoms. The maximum absolute atomic E-state index is 14.2. The molecule has 0 atom stereocenters. The molecule has 0 radical (unpaired) electrons. The molecule has 5 nitrogen and oxygen atoms in total. The predicted molar refractivity (Wildman–Crippen MR) is 96.2 cm³/mol. The van der Waals surface area contributed by atoms with E-state index in [2.05, 4.69) is 5.10 Å². The van der Waals surface area contributed by atoms with Gasteiger partial charge >= 0.3 is 6.18 Å². The highest BCUT2D eigenvalue weighted by Gasteiger charge is 2.30. The molecular weight excluding hydrogens is 400 g/mol. The van der Waals surface area contributed by atoms with E-state index in [0.717, 1.165) is 24.6 Å². The number of benzene rings is 1. The van der Waals surface area contributed by atoms with Gasteiger partial charge in [-0.2, -0.15) is 18.3 Å². The van der Waals surface area contributed by atoms with E-state index in [-0.39, 0.29) is 29.0 Å². The van der Waals surface area contributed by atoms with Gasteiger partial charge in [0.15, 0.2) is 9.84 Å². The van der Waals surface area contributed by atoms with Crippen LogP contribution in [0.2, 0.25) is 0 Å². The largest absolute Gasteiger partial charge is 0.408 e. The molecule has 0 aliphatic heterocycles. The lowest BCUT2D eigenvalue weighted by molar-refractivity contribution is -0.143. The van der Waals surface area contributed by atoms with E-state index in [0.29, 0.717) is 11.1 Å². The lowest BCUT2D eigenvalue weighted by Crippen LogP contribution is -2.32. The number of sulfone groups is 1. The third kappa shape index (κ3) is 5.40. The highest BCUT2D eigenvalue weighted by atomic mass is 32.2. The molecule has 2 aromatic rings. The fourth-order valence-corrected chi connectivity index (χ4v) is 3.43. The number of hydrogen-bond donors (Lipinski definition) is 0. The van der Waals surface area contributed by atoms with Gasteiger partial charge in [0.2, 0.25) is 0 Å². The Morgan fingerprint density at radius 3 is 2.36 bits per heavy atom. The molecular formula is C18H20F4N2O3S. The zero-order valence-electron chi connectivity index (χ0n) is 15.5. The van der Waals surface area contributed by atoms with Crippen LogP contribution in [0.3, 0.4) is 0 Å². The maximum Gasteiger partial charge on any atom is 0.408 e. The Morgan fingerprint density at radius 2 is 1.86 bits per heavy atom. The van der Waals surface area contributed by atoms with Crippen LogP contribution in [0.15, 0.2) is 34.1 Å². The second-order valence-corrected chi connectivity index (χ2v) is 8.95. The molecule has 1 aromatic heterocycles. The molecule has 0 N–H and O–H groups in total. The maximum atomic E-state index is 14.2. The van der Waals surface area contributed by atoms with Gasteiger partial charge in [-0.15, -0.1) is 0 Å². The van der Waals surface area contributed by atoms with Crippen molar-refractivity contribution in [3.63, 3.8) is 0 Å². The Labute approximate surface area is 159 Å². The molecule has 28 heavy (non-hydrogen) atoms. The van der Waals surface area contributed by atoms with Gasteiger partial charge in [-0.1, -0.05) is 19.9 Å². The first kappa shape index (κ1) is 22.1. The van der Waals surface area contributed by atoms with E-state index in [1.165, 1.54) is 6.07 Å². The highest BCUT2D eigenvalue weighted by Crippen LogP contribution is 2.27. The second-order valence-electron chi connectivity index (χ2n) is 6.96. The summed E-state index contributed by atoms with van der Waals surface area (Å²) in [5.74, 6) is -0.824. The zero-order chi connectivity index (χ0) is 21.3. The number of alkyl halides is 3. The van der Waals surface area contributed by atoms with Crippen molar-refractivity contribution in [2.75, 3.05) is 6.26 Å². The van der Waals surface area contributed by atoms with Crippen LogP contribution in [0.4, 0.5) is 17.6 Å². The van der Waals surface area contributed by atoms with Gasteiger partial charge in [-0.3, -0.25) is 4.79 Å². The standard InChI is InChI=1S/C18H20F4N2O3S/c1-11(2)4-6-13-14(9-23-24(17(13)25)10-18(20,21)22)12-5-7-16(15(19)8-12)28(3,26)27/h5,7-9,11H,4,6,10H2,1-3H3. The Balaban J connectivity index is 2.61. The van der Waals surface area contributed by atoms with Crippen LogP contribution >= 0.6 is 0 Å². The summed E-state index contributed by atoms with van der Waals surface area (Å²) in [5.41, 5.74) is -0.460. The number of aromatic nitrogens is 2. The first-order valence-corrected chi connectivity index (χ1v) is 10.3. The van der Waals surface area contributed by atoms with Crippen molar-refractivity contribution in [3.8, 4) is 11.1 Å². The number of nitrogens with zero attached hydrogens (tertiary/aromatic N) is 2. The number of rotatable bonds is 6. The van der Waals surface area contributed by atoms with Gasteiger partial charge in [0.25, 0.3) is 5.56 Å². The van der Waals surface area contributed by atoms with E-state index < -0.39 is 38.8 Å². The third-order valence-corrected chi connectivity index (χ3v) is 5.22. The van der Waals surface area contributed by atoms with Crippen LogP contribution in [0.25, 0.3) is 11.1 Å². The van der Waals surface area contributed by atoms with Crippen molar-refractivity contribution in [2.24, 2.45) is 5.92 Å². The molecule has 0 aliphatic carbocycles. The van der Waals surface area contributed by atoms with Crippen molar-refractivity contribution < 1.29 is 26.0 Å². The summed E-state index contributed by atoms with van der Waals surface area (Å²) >= 11 is 0. The summed E-state index contributed by atoms with van der Waals surface area (Å²) in [7, 11) is -3.78. The van der Waals surface area contributed by atoms with E-state index in [1.54, 1.807) is 0 Å². The Hall–Kier alpha value is -2.23.